The van der Waals surface area contributed by atoms with Crippen LogP contribution in [-0.4, -0.2) is 17.1 Å². The molecule has 0 radical (unpaired) electrons. The highest BCUT2D eigenvalue weighted by Crippen LogP contribution is 2.36. The second-order valence-corrected chi connectivity index (χ2v) is 4.56. The Morgan fingerprint density at radius 1 is 1.35 bits per heavy atom. The van der Waals surface area contributed by atoms with Crippen LogP contribution < -0.4 is 0 Å². The van der Waals surface area contributed by atoms with Crippen molar-refractivity contribution in [3.63, 3.8) is 0 Å². The number of allylic oxidation sites excluding steroid dienone is 3. The second-order valence-electron chi connectivity index (χ2n) is 3.71. The summed E-state index contributed by atoms with van der Waals surface area (Å²) in [6, 6.07) is 4.25. The predicted molar refractivity (Wildman–Crippen MR) is 70.0 cm³/mol. The molecule has 0 unspecified atom stereocenters. The Morgan fingerprint density at radius 2 is 2.06 bits per heavy atom. The molecule has 1 heterocycles. The molecule has 88 valence electrons. The van der Waals surface area contributed by atoms with Crippen molar-refractivity contribution in [3.05, 3.63) is 58.5 Å². The lowest BCUT2D eigenvalue weighted by atomic mass is 10.1. The van der Waals surface area contributed by atoms with Gasteiger partial charge in [-0.05, 0) is 40.2 Å². The van der Waals surface area contributed by atoms with Crippen LogP contribution >= 0.6 is 15.9 Å². The molecule has 2 nitrogen and oxygen atoms in total. The van der Waals surface area contributed by atoms with Crippen molar-refractivity contribution in [1.82, 2.24) is 4.90 Å². The molecule has 1 N–H and O–H groups in total. The SMILES string of the molecule is C=C1C(Br)=CC=C(c2c(O)cccc2F)N1C. The summed E-state index contributed by atoms with van der Waals surface area (Å²) in [6.07, 6.45) is 3.51. The van der Waals surface area contributed by atoms with E-state index in [0.29, 0.717) is 11.4 Å². The first-order valence-corrected chi connectivity index (χ1v) is 5.80. The fourth-order valence-corrected chi connectivity index (χ4v) is 2.08. The van der Waals surface area contributed by atoms with Gasteiger partial charge in [0.25, 0.3) is 0 Å². The number of nitrogens with zero attached hydrogens (tertiary/aromatic N) is 1. The van der Waals surface area contributed by atoms with Gasteiger partial charge in [-0.2, -0.15) is 0 Å². The maximum absolute atomic E-state index is 13.7. The van der Waals surface area contributed by atoms with Gasteiger partial charge in [0.2, 0.25) is 0 Å². The summed E-state index contributed by atoms with van der Waals surface area (Å²) >= 11 is 3.35. The summed E-state index contributed by atoms with van der Waals surface area (Å²) in [5.41, 5.74) is 1.48. The molecule has 1 aromatic carbocycles. The molecular formula is C13H11BrFNO. The summed E-state index contributed by atoms with van der Waals surface area (Å²) in [5.74, 6) is -0.537. The minimum Gasteiger partial charge on any atom is -0.507 e. The molecule has 0 atom stereocenters. The Morgan fingerprint density at radius 3 is 2.71 bits per heavy atom. The molecule has 0 bridgehead atoms. The molecule has 4 heteroatoms. The first kappa shape index (κ1) is 11.9. The Labute approximate surface area is 107 Å². The quantitative estimate of drug-likeness (QED) is 0.855. The Hall–Kier alpha value is -1.55. The summed E-state index contributed by atoms with van der Waals surface area (Å²) in [6.45, 7) is 3.88. The van der Waals surface area contributed by atoms with E-state index in [0.717, 1.165) is 4.48 Å². The van der Waals surface area contributed by atoms with E-state index in [1.807, 2.05) is 0 Å². The van der Waals surface area contributed by atoms with E-state index in [4.69, 9.17) is 0 Å². The van der Waals surface area contributed by atoms with Crippen LogP contribution in [0.15, 0.2) is 47.1 Å². The Kier molecular flexibility index (Phi) is 3.07. The minimum absolute atomic E-state index is 0.0812. The van der Waals surface area contributed by atoms with Crippen molar-refractivity contribution in [2.24, 2.45) is 0 Å². The highest BCUT2D eigenvalue weighted by molar-refractivity contribution is 9.12. The van der Waals surface area contributed by atoms with Gasteiger partial charge in [-0.3, -0.25) is 0 Å². The van der Waals surface area contributed by atoms with Crippen LogP contribution in [0.25, 0.3) is 5.70 Å². The number of phenols is 1. The fraction of sp³-hybridized carbons (Fsp3) is 0.0769. The zero-order valence-electron chi connectivity index (χ0n) is 9.24. The van der Waals surface area contributed by atoms with Crippen molar-refractivity contribution < 1.29 is 9.50 Å². The summed E-state index contributed by atoms with van der Waals surface area (Å²) in [7, 11) is 1.77. The van der Waals surface area contributed by atoms with E-state index >= 15 is 0 Å². The van der Waals surface area contributed by atoms with Crippen molar-refractivity contribution in [2.75, 3.05) is 7.05 Å². The minimum atomic E-state index is -0.456. The first-order chi connectivity index (χ1) is 8.02. The van der Waals surface area contributed by atoms with E-state index in [9.17, 15) is 9.50 Å². The normalized spacial score (nSPS) is 15.7. The molecular weight excluding hydrogens is 285 g/mol. The van der Waals surface area contributed by atoms with Gasteiger partial charge < -0.3 is 10.0 Å². The van der Waals surface area contributed by atoms with E-state index in [-0.39, 0.29) is 11.3 Å². The summed E-state index contributed by atoms with van der Waals surface area (Å²) in [4.78, 5) is 1.72. The van der Waals surface area contributed by atoms with Crippen molar-refractivity contribution in [2.45, 2.75) is 0 Å². The molecule has 0 saturated heterocycles. The molecule has 1 aliphatic heterocycles. The Bertz CT molecular complexity index is 528. The third kappa shape index (κ3) is 2.00. The maximum Gasteiger partial charge on any atom is 0.136 e. The van der Waals surface area contributed by atoms with Crippen LogP contribution in [0.2, 0.25) is 0 Å². The zero-order valence-corrected chi connectivity index (χ0v) is 10.8. The van der Waals surface area contributed by atoms with Crippen LogP contribution in [0.3, 0.4) is 0 Å². The van der Waals surface area contributed by atoms with Crippen molar-refractivity contribution in [1.29, 1.82) is 0 Å². The summed E-state index contributed by atoms with van der Waals surface area (Å²) in [5, 5.41) is 9.74. The monoisotopic (exact) mass is 295 g/mol. The Balaban J connectivity index is 2.58. The highest BCUT2D eigenvalue weighted by atomic mass is 79.9. The zero-order chi connectivity index (χ0) is 12.6. The molecule has 1 aromatic rings. The smallest absolute Gasteiger partial charge is 0.136 e. The van der Waals surface area contributed by atoms with Crippen LogP contribution in [0.5, 0.6) is 5.75 Å². The third-order valence-corrected chi connectivity index (χ3v) is 3.40. The number of halogens is 2. The maximum atomic E-state index is 13.7. The number of rotatable bonds is 1. The van der Waals surface area contributed by atoms with Crippen molar-refractivity contribution in [3.8, 4) is 5.75 Å². The standard InChI is InChI=1S/C13H11BrFNO/c1-8-9(14)6-7-11(16(8)2)13-10(15)4-3-5-12(13)17/h3-7,17H,1H2,2H3. The van der Waals surface area contributed by atoms with Gasteiger partial charge in [0.15, 0.2) is 0 Å². The molecule has 0 saturated carbocycles. The lowest BCUT2D eigenvalue weighted by Crippen LogP contribution is -2.18. The van der Waals surface area contributed by atoms with Crippen LogP contribution in [0, 0.1) is 5.82 Å². The van der Waals surface area contributed by atoms with Gasteiger partial charge in [0.1, 0.15) is 11.6 Å². The molecule has 1 aliphatic rings. The number of aromatic hydroxyl groups is 1. The highest BCUT2D eigenvalue weighted by Gasteiger charge is 2.21. The molecule has 17 heavy (non-hydrogen) atoms. The number of likely N-dealkylation sites (N-methyl/N-ethyl adjacent to an activating group) is 1. The van der Waals surface area contributed by atoms with Gasteiger partial charge in [0.05, 0.1) is 11.3 Å². The topological polar surface area (TPSA) is 23.5 Å². The van der Waals surface area contributed by atoms with Crippen LogP contribution in [0.1, 0.15) is 5.56 Å². The van der Waals surface area contributed by atoms with Gasteiger partial charge in [0, 0.05) is 17.2 Å². The molecule has 0 aliphatic carbocycles. The molecule has 0 fully saturated rings. The third-order valence-electron chi connectivity index (χ3n) is 2.68. The number of benzene rings is 1. The van der Waals surface area contributed by atoms with Gasteiger partial charge in [-0.25, -0.2) is 4.39 Å². The largest absolute Gasteiger partial charge is 0.507 e. The van der Waals surface area contributed by atoms with Crippen molar-refractivity contribution >= 4 is 21.6 Å². The first-order valence-electron chi connectivity index (χ1n) is 5.00. The second kappa shape index (κ2) is 4.37. The molecule has 2 rings (SSSR count). The lowest BCUT2D eigenvalue weighted by molar-refractivity contribution is 0.462. The number of hydrogen-bond acceptors (Lipinski definition) is 2. The summed E-state index contributed by atoms with van der Waals surface area (Å²) < 4.78 is 14.6. The predicted octanol–water partition coefficient (Wildman–Crippen LogP) is 3.61. The number of phenolic OH excluding ortho intramolecular Hbond substituents is 1. The van der Waals surface area contributed by atoms with Gasteiger partial charge in [-0.1, -0.05) is 12.6 Å². The molecule has 0 amide bonds. The van der Waals surface area contributed by atoms with E-state index in [1.165, 1.54) is 18.2 Å². The van der Waals surface area contributed by atoms with Crippen LogP contribution in [0.4, 0.5) is 4.39 Å². The molecule has 0 spiro atoms. The van der Waals surface area contributed by atoms with E-state index < -0.39 is 5.82 Å². The fourth-order valence-electron chi connectivity index (χ4n) is 1.68. The van der Waals surface area contributed by atoms with E-state index in [2.05, 4.69) is 22.5 Å². The molecule has 0 aromatic heterocycles. The van der Waals surface area contributed by atoms with Gasteiger partial charge >= 0.3 is 0 Å². The van der Waals surface area contributed by atoms with E-state index in [1.54, 1.807) is 24.1 Å². The average Bonchev–Trinajstić information content (AvgIpc) is 2.29. The van der Waals surface area contributed by atoms with Crippen LogP contribution in [-0.2, 0) is 0 Å². The average molecular weight is 296 g/mol. The lowest BCUT2D eigenvalue weighted by Gasteiger charge is -2.28. The number of hydrogen-bond donors (Lipinski definition) is 1. The van der Waals surface area contributed by atoms with Gasteiger partial charge in [-0.15, -0.1) is 0 Å².